The quantitative estimate of drug-likeness (QED) is 0.832. The van der Waals surface area contributed by atoms with Crippen molar-refractivity contribution in [1.29, 1.82) is 5.26 Å². The van der Waals surface area contributed by atoms with E-state index in [1.165, 1.54) is 12.8 Å². The minimum atomic E-state index is -0.0366. The summed E-state index contributed by atoms with van der Waals surface area (Å²) in [5.41, 5.74) is 1.74. The fourth-order valence-corrected chi connectivity index (χ4v) is 2.43. The molecule has 1 unspecified atom stereocenters. The van der Waals surface area contributed by atoms with Crippen LogP contribution in [-0.2, 0) is 0 Å². The first-order valence-corrected chi connectivity index (χ1v) is 7.06. The predicted molar refractivity (Wildman–Crippen MR) is 76.3 cm³/mol. The minimum absolute atomic E-state index is 0.0366. The van der Waals surface area contributed by atoms with Crippen LogP contribution in [0.2, 0.25) is 0 Å². The van der Waals surface area contributed by atoms with Gasteiger partial charge >= 0.3 is 0 Å². The highest BCUT2D eigenvalue weighted by Crippen LogP contribution is 2.37. The van der Waals surface area contributed by atoms with Crippen LogP contribution >= 0.6 is 0 Å². The van der Waals surface area contributed by atoms with Crippen molar-refractivity contribution >= 4 is 17.0 Å². The Morgan fingerprint density at radius 2 is 2.25 bits per heavy atom. The molecule has 0 aromatic carbocycles. The van der Waals surface area contributed by atoms with Gasteiger partial charge in [-0.25, -0.2) is 15.0 Å². The third kappa shape index (κ3) is 2.20. The lowest BCUT2D eigenvalue weighted by Crippen LogP contribution is -2.28. The van der Waals surface area contributed by atoms with Gasteiger partial charge in [0, 0.05) is 19.1 Å². The van der Waals surface area contributed by atoms with Crippen molar-refractivity contribution in [3.05, 3.63) is 12.7 Å². The monoisotopic (exact) mass is 270 g/mol. The van der Waals surface area contributed by atoms with E-state index >= 15 is 0 Å². The van der Waals surface area contributed by atoms with Gasteiger partial charge in [0.2, 0.25) is 0 Å². The normalized spacial score (nSPS) is 16.1. The lowest BCUT2D eigenvalue weighted by Gasteiger charge is -2.22. The fourth-order valence-electron chi connectivity index (χ4n) is 2.43. The largest absolute Gasteiger partial charge is 0.354 e. The Morgan fingerprint density at radius 3 is 2.90 bits per heavy atom. The number of anilines is 1. The van der Waals surface area contributed by atoms with Gasteiger partial charge in [-0.2, -0.15) is 5.26 Å². The molecule has 0 aliphatic heterocycles. The number of hydrogen-bond acceptors (Lipinski definition) is 5. The summed E-state index contributed by atoms with van der Waals surface area (Å²) in [6, 6.07) is 2.82. The number of nitriles is 1. The Kier molecular flexibility index (Phi) is 3.26. The molecule has 3 rings (SSSR count). The zero-order valence-electron chi connectivity index (χ0n) is 11.8. The molecular weight excluding hydrogens is 252 g/mol. The van der Waals surface area contributed by atoms with Crippen LogP contribution in [0.3, 0.4) is 0 Å². The molecule has 2 heterocycles. The maximum Gasteiger partial charge on any atom is 0.165 e. The van der Waals surface area contributed by atoms with E-state index in [-0.39, 0.29) is 5.92 Å². The summed E-state index contributed by atoms with van der Waals surface area (Å²) in [5.74, 6) is 0.796. The Bertz CT molecular complexity index is 651. The van der Waals surface area contributed by atoms with Crippen LogP contribution < -0.4 is 4.90 Å². The summed E-state index contributed by atoms with van der Waals surface area (Å²) in [7, 11) is 0. The summed E-state index contributed by atoms with van der Waals surface area (Å²) in [5, 5.41) is 9.00. The summed E-state index contributed by atoms with van der Waals surface area (Å²) in [6.07, 6.45) is 5.86. The molecule has 6 heteroatoms. The SMILES string of the molecule is CCN(CC(C)C#N)c1ncnc2c1ncn2C1CC1. The van der Waals surface area contributed by atoms with Crippen molar-refractivity contribution in [2.75, 3.05) is 18.0 Å². The highest BCUT2D eigenvalue weighted by Gasteiger charge is 2.27. The lowest BCUT2D eigenvalue weighted by molar-refractivity contribution is 0.680. The molecule has 6 nitrogen and oxygen atoms in total. The molecule has 104 valence electrons. The zero-order chi connectivity index (χ0) is 14.1. The van der Waals surface area contributed by atoms with E-state index in [0.29, 0.717) is 12.6 Å². The van der Waals surface area contributed by atoms with Gasteiger partial charge in [0.05, 0.1) is 18.3 Å². The first kappa shape index (κ1) is 12.9. The van der Waals surface area contributed by atoms with E-state index in [9.17, 15) is 0 Å². The highest BCUT2D eigenvalue weighted by molar-refractivity contribution is 5.83. The molecule has 0 amide bonds. The molecule has 2 aromatic heterocycles. The molecule has 2 aromatic rings. The predicted octanol–water partition coefficient (Wildman–Crippen LogP) is 2.15. The third-order valence-corrected chi connectivity index (χ3v) is 3.68. The first-order valence-electron chi connectivity index (χ1n) is 7.06. The summed E-state index contributed by atoms with van der Waals surface area (Å²) < 4.78 is 2.14. The molecular formula is C14H18N6. The van der Waals surface area contributed by atoms with Crippen LogP contribution in [0.15, 0.2) is 12.7 Å². The highest BCUT2D eigenvalue weighted by atomic mass is 15.2. The maximum absolute atomic E-state index is 9.00. The van der Waals surface area contributed by atoms with E-state index < -0.39 is 0 Å². The molecule has 1 fully saturated rings. The van der Waals surface area contributed by atoms with Gasteiger partial charge in [-0.3, -0.25) is 0 Å². The van der Waals surface area contributed by atoms with Crippen molar-refractivity contribution in [3.8, 4) is 6.07 Å². The van der Waals surface area contributed by atoms with Gasteiger partial charge in [0.1, 0.15) is 6.33 Å². The van der Waals surface area contributed by atoms with Crippen molar-refractivity contribution in [3.63, 3.8) is 0 Å². The van der Waals surface area contributed by atoms with Gasteiger partial charge in [-0.15, -0.1) is 0 Å². The van der Waals surface area contributed by atoms with Crippen molar-refractivity contribution in [1.82, 2.24) is 19.5 Å². The number of fused-ring (bicyclic) bond motifs is 1. The van der Waals surface area contributed by atoms with Crippen LogP contribution in [0.4, 0.5) is 5.82 Å². The molecule has 1 saturated carbocycles. The number of aromatic nitrogens is 4. The Morgan fingerprint density at radius 1 is 1.45 bits per heavy atom. The maximum atomic E-state index is 9.00. The molecule has 0 N–H and O–H groups in total. The average Bonchev–Trinajstić information content (AvgIpc) is 3.23. The van der Waals surface area contributed by atoms with Gasteiger partial charge < -0.3 is 9.47 Å². The second-order valence-electron chi connectivity index (χ2n) is 5.32. The first-order chi connectivity index (χ1) is 9.74. The van der Waals surface area contributed by atoms with E-state index in [1.807, 2.05) is 13.3 Å². The number of nitrogens with zero attached hydrogens (tertiary/aromatic N) is 6. The average molecular weight is 270 g/mol. The van der Waals surface area contributed by atoms with Crippen molar-refractivity contribution in [2.45, 2.75) is 32.7 Å². The number of rotatable bonds is 5. The van der Waals surface area contributed by atoms with Crippen molar-refractivity contribution in [2.24, 2.45) is 5.92 Å². The lowest BCUT2D eigenvalue weighted by atomic mass is 10.2. The minimum Gasteiger partial charge on any atom is -0.354 e. The van der Waals surface area contributed by atoms with Crippen LogP contribution in [0.25, 0.3) is 11.2 Å². The van der Waals surface area contributed by atoms with Gasteiger partial charge in [-0.1, -0.05) is 0 Å². The van der Waals surface area contributed by atoms with Gasteiger partial charge in [0.25, 0.3) is 0 Å². The van der Waals surface area contributed by atoms with E-state index in [2.05, 4.69) is 37.4 Å². The Balaban J connectivity index is 2.00. The zero-order valence-corrected chi connectivity index (χ0v) is 11.8. The summed E-state index contributed by atoms with van der Waals surface area (Å²) in [6.45, 7) is 5.45. The fraction of sp³-hybridized carbons (Fsp3) is 0.571. The molecule has 0 bridgehead atoms. The van der Waals surface area contributed by atoms with E-state index in [4.69, 9.17) is 5.26 Å². The third-order valence-electron chi connectivity index (χ3n) is 3.68. The molecule has 0 radical (unpaired) electrons. The second kappa shape index (κ2) is 5.08. The Labute approximate surface area is 118 Å². The van der Waals surface area contributed by atoms with Gasteiger partial charge in [-0.05, 0) is 26.7 Å². The van der Waals surface area contributed by atoms with Crippen LogP contribution in [-0.4, -0.2) is 32.6 Å². The smallest absolute Gasteiger partial charge is 0.165 e. The molecule has 20 heavy (non-hydrogen) atoms. The Hall–Kier alpha value is -2.16. The number of hydrogen-bond donors (Lipinski definition) is 0. The topological polar surface area (TPSA) is 70.6 Å². The van der Waals surface area contributed by atoms with E-state index in [0.717, 1.165) is 23.5 Å². The molecule has 0 saturated heterocycles. The standard InChI is InChI=1S/C14H18N6/c1-3-19(7-10(2)6-15)13-12-14(17-8-16-13)20(9-18-12)11-4-5-11/h8-11H,3-5,7H2,1-2H3. The van der Waals surface area contributed by atoms with Crippen LogP contribution in [0.5, 0.6) is 0 Å². The van der Waals surface area contributed by atoms with Gasteiger partial charge in [0.15, 0.2) is 17.0 Å². The summed E-state index contributed by atoms with van der Waals surface area (Å²) >= 11 is 0. The van der Waals surface area contributed by atoms with Crippen LogP contribution in [0, 0.1) is 17.2 Å². The van der Waals surface area contributed by atoms with E-state index in [1.54, 1.807) is 6.33 Å². The molecule has 1 atom stereocenters. The molecule has 1 aliphatic rings. The number of imidazole rings is 1. The summed E-state index contributed by atoms with van der Waals surface area (Å²) in [4.78, 5) is 15.4. The van der Waals surface area contributed by atoms with Crippen LogP contribution in [0.1, 0.15) is 32.7 Å². The second-order valence-corrected chi connectivity index (χ2v) is 5.32. The van der Waals surface area contributed by atoms with Crippen molar-refractivity contribution < 1.29 is 0 Å². The molecule has 0 spiro atoms. The molecule has 1 aliphatic carbocycles.